The number of anilines is 2. The van der Waals surface area contributed by atoms with Gasteiger partial charge in [-0.05, 0) is 140 Å². The number of amides is 4. The zero-order chi connectivity index (χ0) is 60.1. The van der Waals surface area contributed by atoms with E-state index in [1.807, 2.05) is 30.3 Å². The summed E-state index contributed by atoms with van der Waals surface area (Å²) >= 11 is 6.27. The van der Waals surface area contributed by atoms with Gasteiger partial charge in [0.1, 0.15) is 28.9 Å². The van der Waals surface area contributed by atoms with Gasteiger partial charge in [-0.3, -0.25) is 39.5 Å². The number of H-pyrrole nitrogens is 1. The molecule has 4 amide bonds. The van der Waals surface area contributed by atoms with Gasteiger partial charge in [0.2, 0.25) is 11.8 Å². The zero-order valence-electron chi connectivity index (χ0n) is 48.2. The fourth-order valence-electron chi connectivity index (χ4n) is 12.1. The highest BCUT2D eigenvalue weighted by Crippen LogP contribution is 2.44. The van der Waals surface area contributed by atoms with Crippen LogP contribution in [0.25, 0.3) is 16.6 Å². The Balaban J connectivity index is 0.662. The normalized spacial score (nSPS) is 18.6. The Bertz CT molecular complexity index is 3800. The van der Waals surface area contributed by atoms with Gasteiger partial charge >= 0.3 is 0 Å². The van der Waals surface area contributed by atoms with Gasteiger partial charge in [0, 0.05) is 111 Å². The number of hydrogen-bond donors (Lipinski definition) is 4. The number of piperidine rings is 2. The lowest BCUT2D eigenvalue weighted by molar-refractivity contribution is -0.384. The Kier molecular flexibility index (Phi) is 17.9. The molecule has 1 aliphatic carbocycles. The Morgan fingerprint density at radius 2 is 1.71 bits per heavy atom. The van der Waals surface area contributed by atoms with Crippen LogP contribution in [0.3, 0.4) is 0 Å². The molecule has 448 valence electrons. The lowest BCUT2D eigenvalue weighted by Gasteiger charge is -2.39. The molecule has 0 saturated carbocycles. The second kappa shape index (κ2) is 25.8. The van der Waals surface area contributed by atoms with E-state index >= 15 is 0 Å². The van der Waals surface area contributed by atoms with E-state index in [2.05, 4.69) is 77.8 Å². The Labute approximate surface area is 504 Å². The number of carbonyl (C=O) groups excluding carboxylic acids is 4. The molecular formula is C64H69ClN10O10S. The summed E-state index contributed by atoms with van der Waals surface area (Å²) in [5.74, 6) is 4.89. The number of sulfonamides is 1. The van der Waals surface area contributed by atoms with Crippen molar-refractivity contribution in [2.24, 2.45) is 11.3 Å². The zero-order valence-corrected chi connectivity index (χ0v) is 49.7. The van der Waals surface area contributed by atoms with Crippen LogP contribution in [-0.4, -0.2) is 140 Å². The second-order valence-corrected chi connectivity index (χ2v) is 25.7. The van der Waals surface area contributed by atoms with E-state index in [4.69, 9.17) is 21.1 Å². The third-order valence-corrected chi connectivity index (χ3v) is 18.6. The molecule has 11 rings (SSSR count). The molecule has 1 unspecified atom stereocenters. The van der Waals surface area contributed by atoms with Gasteiger partial charge in [0.05, 0.1) is 34.8 Å². The number of benzene rings is 4. The molecule has 4 aliphatic heterocycles. The van der Waals surface area contributed by atoms with Crippen molar-refractivity contribution in [3.63, 3.8) is 0 Å². The predicted molar refractivity (Wildman–Crippen MR) is 327 cm³/mol. The first kappa shape index (κ1) is 59.6. The number of rotatable bonds is 19. The number of piperazine rings is 1. The smallest absolute Gasteiger partial charge is 0.293 e. The highest BCUT2D eigenvalue weighted by molar-refractivity contribution is 7.90. The van der Waals surface area contributed by atoms with E-state index in [0.717, 1.165) is 99.1 Å². The number of allylic oxidation sites excluding steroid dienone is 1. The molecule has 1 atom stereocenters. The largest absolute Gasteiger partial charge is 0.455 e. The molecule has 6 aromatic rings. The molecule has 4 aromatic carbocycles. The molecule has 20 nitrogen and oxygen atoms in total. The van der Waals surface area contributed by atoms with Gasteiger partial charge in [0.25, 0.3) is 27.5 Å². The van der Waals surface area contributed by atoms with Gasteiger partial charge in [-0.1, -0.05) is 61.1 Å². The molecule has 0 bridgehead atoms. The first-order chi connectivity index (χ1) is 41.4. The number of nitro benzene ring substituents is 1. The number of likely N-dealkylation sites (tertiary alicyclic amines) is 1. The van der Waals surface area contributed by atoms with Crippen LogP contribution in [0.1, 0.15) is 103 Å². The van der Waals surface area contributed by atoms with Gasteiger partial charge in [0.15, 0.2) is 0 Å². The number of ether oxygens (including phenoxy) is 2. The maximum atomic E-state index is 14.1. The van der Waals surface area contributed by atoms with E-state index < -0.39 is 43.4 Å². The van der Waals surface area contributed by atoms with Crippen molar-refractivity contribution in [3.05, 3.63) is 152 Å². The van der Waals surface area contributed by atoms with Gasteiger partial charge in [-0.2, -0.15) is 0 Å². The molecule has 0 radical (unpaired) electrons. The standard InChI is InChI=1S/C64H69ClN10O10S/c1-64(2)22-18-47(54(37-64)44-8-10-48(65)11-9-44)40-72-26-28-73(29-27-72)49-12-14-52(58(35-49)85-50-34-45-19-23-66-60(45)68-39-50)61(77)70-86(82,83)51-13-15-55(57(36-51)75(80)81)67-38-43-20-24-71(25-21-43)30-32-84-31-4-3-5-42-6-7-46-41-74(63(79)53(46)33-42)56-16-17-59(76)69-62(56)78/h6-15,19,23,33-36,39,43,56,67H,4,16-18,20-22,24-32,37-38,40-41H2,1-2H3,(H,66,68)(H,70,77)(H,69,76,78). The van der Waals surface area contributed by atoms with Crippen LogP contribution in [0.5, 0.6) is 11.5 Å². The third kappa shape index (κ3) is 14.1. The number of fused-ring (bicyclic) bond motifs is 2. The van der Waals surface area contributed by atoms with Crippen LogP contribution >= 0.6 is 11.6 Å². The quantitative estimate of drug-likeness (QED) is 0.0194. The van der Waals surface area contributed by atoms with Gasteiger partial charge in [-0.15, -0.1) is 0 Å². The number of nitrogens with one attached hydrogen (secondary N) is 4. The molecular weight excluding hydrogens is 1140 g/mol. The number of nitro groups is 1. The lowest BCUT2D eigenvalue weighted by atomic mass is 9.72. The summed E-state index contributed by atoms with van der Waals surface area (Å²) in [5, 5.41) is 19.5. The van der Waals surface area contributed by atoms with Crippen LogP contribution in [0.15, 0.2) is 114 Å². The number of nitrogens with zero attached hydrogens (tertiary/aromatic N) is 6. The summed E-state index contributed by atoms with van der Waals surface area (Å²) in [6.07, 6.45) is 9.10. The van der Waals surface area contributed by atoms with E-state index in [1.165, 1.54) is 46.0 Å². The predicted octanol–water partition coefficient (Wildman–Crippen LogP) is 9.16. The maximum absolute atomic E-state index is 14.1. The van der Waals surface area contributed by atoms with Crippen LogP contribution < -0.4 is 25.0 Å². The number of imide groups is 1. The Morgan fingerprint density at radius 1 is 0.907 bits per heavy atom. The van der Waals surface area contributed by atoms with Crippen molar-refractivity contribution in [3.8, 4) is 23.3 Å². The van der Waals surface area contributed by atoms with Crippen LogP contribution in [0.2, 0.25) is 5.02 Å². The third-order valence-electron chi connectivity index (χ3n) is 17.0. The minimum atomic E-state index is -4.63. The van der Waals surface area contributed by atoms with E-state index in [9.17, 15) is 37.7 Å². The Morgan fingerprint density at radius 3 is 2.49 bits per heavy atom. The monoisotopic (exact) mass is 1200 g/mol. The first-order valence-electron chi connectivity index (χ1n) is 29.3. The van der Waals surface area contributed by atoms with E-state index in [0.29, 0.717) is 74.8 Å². The number of pyridine rings is 1. The molecule has 6 heterocycles. The summed E-state index contributed by atoms with van der Waals surface area (Å²) in [6, 6.07) is 25.2. The maximum Gasteiger partial charge on any atom is 0.293 e. The summed E-state index contributed by atoms with van der Waals surface area (Å²) in [7, 11) is -4.63. The van der Waals surface area contributed by atoms with E-state index in [1.54, 1.807) is 30.5 Å². The summed E-state index contributed by atoms with van der Waals surface area (Å²) in [5.41, 5.74) is 7.41. The van der Waals surface area contributed by atoms with Crippen molar-refractivity contribution in [2.75, 3.05) is 82.3 Å². The summed E-state index contributed by atoms with van der Waals surface area (Å²) in [6.45, 7) is 12.6. The SMILES string of the molecule is CC1(C)CCC(CN2CCN(c3ccc(C(=O)NS(=O)(=O)c4ccc(NCC5CCN(CCOCCC#Cc6ccc7c(c6)C(=O)N(C6CCC(=O)NC6=O)C7)CC5)c([N+](=O)[O-])c4)c(Oc4cnc5[nH]ccc5c4)c3)CC2)=C(c2ccc(Cl)cc2)C1. The number of aromatic amines is 1. The number of aromatic nitrogens is 2. The van der Waals surface area contributed by atoms with Crippen LogP contribution in [-0.2, 0) is 30.9 Å². The van der Waals surface area contributed by atoms with Crippen molar-refractivity contribution < 1.29 is 42.0 Å². The molecule has 86 heavy (non-hydrogen) atoms. The topological polar surface area (TPSA) is 242 Å². The van der Waals surface area contributed by atoms with Gasteiger partial charge < -0.3 is 34.5 Å². The van der Waals surface area contributed by atoms with Crippen molar-refractivity contribution in [1.82, 2.24) is 34.7 Å². The molecule has 0 spiro atoms. The highest BCUT2D eigenvalue weighted by atomic mass is 35.5. The molecule has 3 saturated heterocycles. The van der Waals surface area contributed by atoms with Crippen LogP contribution in [0, 0.1) is 33.3 Å². The molecule has 22 heteroatoms. The molecule has 2 aromatic heterocycles. The minimum Gasteiger partial charge on any atom is -0.455 e. The summed E-state index contributed by atoms with van der Waals surface area (Å²) < 4.78 is 42.3. The minimum absolute atomic E-state index is 0.0582. The fourth-order valence-corrected chi connectivity index (χ4v) is 13.2. The lowest BCUT2D eigenvalue weighted by Crippen LogP contribution is -2.52. The van der Waals surface area contributed by atoms with Crippen molar-refractivity contribution in [1.29, 1.82) is 0 Å². The average Bonchev–Trinajstić information content (AvgIpc) is 2.52. The van der Waals surface area contributed by atoms with Crippen molar-refractivity contribution >= 4 is 78.9 Å². The number of carbonyl (C=O) groups is 4. The average molecular weight is 1210 g/mol. The number of hydrogen-bond acceptors (Lipinski definition) is 15. The molecule has 4 N–H and O–H groups in total. The fraction of sp³-hybridized carbons (Fsp3) is 0.391. The van der Waals surface area contributed by atoms with Crippen LogP contribution in [0.4, 0.5) is 17.1 Å². The van der Waals surface area contributed by atoms with Gasteiger partial charge in [-0.25, -0.2) is 18.1 Å². The highest BCUT2D eigenvalue weighted by Gasteiger charge is 2.39. The second-order valence-electron chi connectivity index (χ2n) is 23.5. The summed E-state index contributed by atoms with van der Waals surface area (Å²) in [4.78, 5) is 78.7. The van der Waals surface area contributed by atoms with Crippen molar-refractivity contribution in [2.45, 2.75) is 82.7 Å². The molecule has 3 fully saturated rings. The van der Waals surface area contributed by atoms with E-state index in [-0.39, 0.29) is 46.6 Å². The molecule has 5 aliphatic rings. The number of halogens is 1. The Hall–Kier alpha value is -8.13. The first-order valence-corrected chi connectivity index (χ1v) is 31.1.